The molecule has 0 spiro atoms. The first-order valence-corrected chi connectivity index (χ1v) is 9.03. The molecule has 3 aromatic rings. The zero-order valence-corrected chi connectivity index (χ0v) is 15.1. The van der Waals surface area contributed by atoms with E-state index in [0.29, 0.717) is 18.2 Å². The Bertz CT molecular complexity index is 872. The molecule has 4 rings (SSSR count). The highest BCUT2D eigenvalue weighted by Gasteiger charge is 2.34. The van der Waals surface area contributed by atoms with Gasteiger partial charge >= 0.3 is 0 Å². The third-order valence-corrected chi connectivity index (χ3v) is 5.03. The van der Waals surface area contributed by atoms with Crippen molar-refractivity contribution in [2.75, 3.05) is 19.6 Å². The van der Waals surface area contributed by atoms with Crippen LogP contribution < -0.4 is 0 Å². The first-order valence-electron chi connectivity index (χ1n) is 9.03. The van der Waals surface area contributed by atoms with E-state index in [-0.39, 0.29) is 11.9 Å². The Kier molecular flexibility index (Phi) is 4.42. The molecule has 6 heteroatoms. The van der Waals surface area contributed by atoms with E-state index in [1.807, 2.05) is 35.2 Å². The topological polar surface area (TPSA) is 65.1 Å². The van der Waals surface area contributed by atoms with Gasteiger partial charge in [0.05, 0.1) is 16.6 Å². The number of hydrogen-bond donors (Lipinski definition) is 1. The number of carbonyl (C=O) groups is 1. The molecule has 6 nitrogen and oxygen atoms in total. The molecule has 0 aliphatic carbocycles. The maximum absolute atomic E-state index is 13.1. The largest absolute Gasteiger partial charge is 0.340 e. The van der Waals surface area contributed by atoms with E-state index in [4.69, 9.17) is 4.98 Å². The molecule has 1 aromatic carbocycles. The van der Waals surface area contributed by atoms with Crippen molar-refractivity contribution in [2.45, 2.75) is 25.9 Å². The molecule has 1 atom stereocenters. The predicted octanol–water partition coefficient (Wildman–Crippen LogP) is 2.87. The Morgan fingerprint density at radius 3 is 2.77 bits per heavy atom. The molecule has 1 saturated heterocycles. The molecule has 1 aliphatic heterocycles. The van der Waals surface area contributed by atoms with E-state index in [9.17, 15) is 4.79 Å². The number of aromatic amines is 1. The van der Waals surface area contributed by atoms with Gasteiger partial charge in [-0.15, -0.1) is 0 Å². The standard InChI is InChI=1S/C20H23N5O/c1-14(2)24-10-11-25(20(26)15-6-5-9-21-12-15)18(13-24)19-22-16-7-3-4-8-17(16)23-19/h3-9,12,14,18H,10-11,13H2,1-2H3,(H,22,23). The number of aromatic nitrogens is 3. The van der Waals surface area contributed by atoms with Crippen LogP contribution in [0.3, 0.4) is 0 Å². The van der Waals surface area contributed by atoms with Crippen molar-refractivity contribution in [3.8, 4) is 0 Å². The minimum Gasteiger partial charge on any atom is -0.340 e. The van der Waals surface area contributed by atoms with Crippen LogP contribution in [0, 0.1) is 0 Å². The molecule has 1 aliphatic rings. The minimum atomic E-state index is -0.105. The molecular weight excluding hydrogens is 326 g/mol. The lowest BCUT2D eigenvalue weighted by Gasteiger charge is -2.42. The number of hydrogen-bond acceptors (Lipinski definition) is 4. The smallest absolute Gasteiger partial charge is 0.256 e. The average Bonchev–Trinajstić information content (AvgIpc) is 3.11. The Morgan fingerprint density at radius 1 is 1.19 bits per heavy atom. The van der Waals surface area contributed by atoms with Gasteiger partial charge in [0.15, 0.2) is 0 Å². The molecule has 26 heavy (non-hydrogen) atoms. The Balaban J connectivity index is 1.70. The molecule has 1 unspecified atom stereocenters. The summed E-state index contributed by atoms with van der Waals surface area (Å²) in [7, 11) is 0. The quantitative estimate of drug-likeness (QED) is 0.790. The van der Waals surface area contributed by atoms with Gasteiger partial charge in [-0.3, -0.25) is 14.7 Å². The lowest BCUT2D eigenvalue weighted by molar-refractivity contribution is 0.0363. The Morgan fingerprint density at radius 2 is 2.04 bits per heavy atom. The lowest BCUT2D eigenvalue weighted by atomic mass is 10.1. The van der Waals surface area contributed by atoms with Gasteiger partial charge in [0, 0.05) is 38.1 Å². The van der Waals surface area contributed by atoms with Crippen molar-refractivity contribution >= 4 is 16.9 Å². The summed E-state index contributed by atoms with van der Waals surface area (Å²) >= 11 is 0. The number of para-hydroxylation sites is 2. The van der Waals surface area contributed by atoms with Gasteiger partial charge in [-0.1, -0.05) is 12.1 Å². The number of fused-ring (bicyclic) bond motifs is 1. The van der Waals surface area contributed by atoms with Crippen molar-refractivity contribution in [3.05, 3.63) is 60.2 Å². The summed E-state index contributed by atoms with van der Waals surface area (Å²) < 4.78 is 0. The van der Waals surface area contributed by atoms with Crippen LogP contribution in [0.4, 0.5) is 0 Å². The van der Waals surface area contributed by atoms with Gasteiger partial charge in [-0.05, 0) is 38.1 Å². The highest BCUT2D eigenvalue weighted by molar-refractivity contribution is 5.94. The lowest BCUT2D eigenvalue weighted by Crippen LogP contribution is -2.52. The van der Waals surface area contributed by atoms with Crippen LogP contribution in [0.25, 0.3) is 11.0 Å². The van der Waals surface area contributed by atoms with Crippen LogP contribution >= 0.6 is 0 Å². The fourth-order valence-electron chi connectivity index (χ4n) is 3.54. The second kappa shape index (κ2) is 6.88. The number of pyridine rings is 1. The molecule has 0 radical (unpaired) electrons. The molecule has 134 valence electrons. The van der Waals surface area contributed by atoms with Crippen molar-refractivity contribution in [2.24, 2.45) is 0 Å². The summed E-state index contributed by atoms with van der Waals surface area (Å²) in [5, 5.41) is 0. The first-order chi connectivity index (χ1) is 12.6. The van der Waals surface area contributed by atoms with E-state index >= 15 is 0 Å². The van der Waals surface area contributed by atoms with E-state index in [2.05, 4.69) is 28.7 Å². The summed E-state index contributed by atoms with van der Waals surface area (Å²) in [6, 6.07) is 11.9. The SMILES string of the molecule is CC(C)N1CCN(C(=O)c2cccnc2)C(c2nc3ccccc3[nH]2)C1. The van der Waals surface area contributed by atoms with Gasteiger partial charge in [0.2, 0.25) is 0 Å². The van der Waals surface area contributed by atoms with E-state index in [1.54, 1.807) is 18.5 Å². The van der Waals surface area contributed by atoms with Crippen LogP contribution in [-0.4, -0.2) is 56.3 Å². The summed E-state index contributed by atoms with van der Waals surface area (Å²) in [5.74, 6) is 0.848. The number of H-pyrrole nitrogens is 1. The fourth-order valence-corrected chi connectivity index (χ4v) is 3.54. The fraction of sp³-hybridized carbons (Fsp3) is 0.350. The predicted molar refractivity (Wildman–Crippen MR) is 101 cm³/mol. The van der Waals surface area contributed by atoms with Crippen LogP contribution in [0.2, 0.25) is 0 Å². The van der Waals surface area contributed by atoms with E-state index in [0.717, 1.165) is 29.9 Å². The zero-order chi connectivity index (χ0) is 18.1. The summed E-state index contributed by atoms with van der Waals surface area (Å²) in [6.07, 6.45) is 3.32. The summed E-state index contributed by atoms with van der Waals surface area (Å²) in [6.45, 7) is 6.68. The number of carbonyl (C=O) groups excluding carboxylic acids is 1. The molecule has 0 bridgehead atoms. The molecular formula is C20H23N5O. The minimum absolute atomic E-state index is 0.00645. The number of imidazole rings is 1. The maximum atomic E-state index is 13.1. The third kappa shape index (κ3) is 3.08. The first kappa shape index (κ1) is 16.7. The van der Waals surface area contributed by atoms with E-state index < -0.39 is 0 Å². The Labute approximate surface area is 152 Å². The maximum Gasteiger partial charge on any atom is 0.256 e. The number of rotatable bonds is 3. The second-order valence-electron chi connectivity index (χ2n) is 6.98. The van der Waals surface area contributed by atoms with E-state index in [1.165, 1.54) is 0 Å². The highest BCUT2D eigenvalue weighted by atomic mass is 16.2. The van der Waals surface area contributed by atoms with Crippen LogP contribution in [0.1, 0.15) is 36.1 Å². The normalized spacial score (nSPS) is 18.6. The van der Waals surface area contributed by atoms with Crippen molar-refractivity contribution < 1.29 is 4.79 Å². The van der Waals surface area contributed by atoms with Crippen molar-refractivity contribution in [1.29, 1.82) is 0 Å². The molecule has 2 aromatic heterocycles. The zero-order valence-electron chi connectivity index (χ0n) is 15.1. The number of amides is 1. The molecule has 3 heterocycles. The van der Waals surface area contributed by atoms with Crippen LogP contribution in [-0.2, 0) is 0 Å². The van der Waals surface area contributed by atoms with Gasteiger partial charge in [0.25, 0.3) is 5.91 Å². The van der Waals surface area contributed by atoms with Crippen molar-refractivity contribution in [1.82, 2.24) is 24.8 Å². The molecule has 0 saturated carbocycles. The molecule has 1 amide bonds. The molecule has 1 fully saturated rings. The third-order valence-electron chi connectivity index (χ3n) is 5.03. The average molecular weight is 349 g/mol. The monoisotopic (exact) mass is 349 g/mol. The number of nitrogens with one attached hydrogen (secondary N) is 1. The summed E-state index contributed by atoms with van der Waals surface area (Å²) in [4.78, 5) is 29.7. The van der Waals surface area contributed by atoms with Gasteiger partial charge < -0.3 is 9.88 Å². The van der Waals surface area contributed by atoms with Crippen LogP contribution in [0.5, 0.6) is 0 Å². The second-order valence-corrected chi connectivity index (χ2v) is 6.98. The number of piperazine rings is 1. The highest BCUT2D eigenvalue weighted by Crippen LogP contribution is 2.28. The Hall–Kier alpha value is -2.73. The van der Waals surface area contributed by atoms with Crippen molar-refractivity contribution in [3.63, 3.8) is 0 Å². The number of benzene rings is 1. The summed E-state index contributed by atoms with van der Waals surface area (Å²) in [5.41, 5.74) is 2.54. The van der Waals surface area contributed by atoms with Gasteiger partial charge in [-0.2, -0.15) is 0 Å². The molecule has 1 N–H and O–H groups in total. The van der Waals surface area contributed by atoms with Crippen LogP contribution in [0.15, 0.2) is 48.8 Å². The number of nitrogens with zero attached hydrogens (tertiary/aromatic N) is 4. The van der Waals surface area contributed by atoms with Gasteiger partial charge in [0.1, 0.15) is 11.9 Å². The van der Waals surface area contributed by atoms with Gasteiger partial charge in [-0.25, -0.2) is 4.98 Å².